The van der Waals surface area contributed by atoms with Gasteiger partial charge in [0.15, 0.2) is 0 Å². The molecule has 0 bridgehead atoms. The van der Waals surface area contributed by atoms with Gasteiger partial charge in [0.05, 0.1) is 0 Å². The molecule has 3 heterocycles. The molecule has 2 fully saturated rings. The first-order chi connectivity index (χ1) is 10.2. The van der Waals surface area contributed by atoms with Crippen molar-refractivity contribution in [3.63, 3.8) is 0 Å². The maximum absolute atomic E-state index is 12.7. The largest absolute Gasteiger partial charge is 0.473 e. The van der Waals surface area contributed by atoms with Gasteiger partial charge in [-0.15, -0.1) is 0 Å². The lowest BCUT2D eigenvalue weighted by molar-refractivity contribution is 0.0675. The van der Waals surface area contributed by atoms with Crippen molar-refractivity contribution in [3.05, 3.63) is 23.9 Å². The quantitative estimate of drug-likeness (QED) is 0.861. The SMILES string of the molecule is CC1CCCN(C(=O)c2cccnc2OC2CCSC2)C1. The Bertz CT molecular complexity index is 503. The van der Waals surface area contributed by atoms with Gasteiger partial charge in [-0.25, -0.2) is 4.98 Å². The number of hydrogen-bond acceptors (Lipinski definition) is 4. The number of piperidine rings is 1. The topological polar surface area (TPSA) is 42.4 Å². The normalized spacial score (nSPS) is 25.9. The minimum absolute atomic E-state index is 0.0651. The molecule has 3 rings (SSSR count). The van der Waals surface area contributed by atoms with E-state index in [2.05, 4.69) is 11.9 Å². The van der Waals surface area contributed by atoms with Crippen LogP contribution in [0.15, 0.2) is 18.3 Å². The fourth-order valence-corrected chi connectivity index (χ4v) is 4.05. The van der Waals surface area contributed by atoms with Crippen LogP contribution in [0.4, 0.5) is 0 Å². The summed E-state index contributed by atoms with van der Waals surface area (Å²) >= 11 is 1.90. The van der Waals surface area contributed by atoms with Crippen LogP contribution in [0.1, 0.15) is 36.5 Å². The Morgan fingerprint density at radius 3 is 3.14 bits per heavy atom. The molecule has 1 amide bonds. The Morgan fingerprint density at radius 1 is 1.48 bits per heavy atom. The first-order valence-electron chi connectivity index (χ1n) is 7.72. The highest BCUT2D eigenvalue weighted by molar-refractivity contribution is 7.99. The molecule has 0 radical (unpaired) electrons. The second-order valence-corrected chi connectivity index (χ2v) is 7.11. The van der Waals surface area contributed by atoms with Gasteiger partial charge in [0.2, 0.25) is 5.88 Å². The third kappa shape index (κ3) is 3.51. The predicted octanol–water partition coefficient (Wildman–Crippen LogP) is 2.84. The highest BCUT2D eigenvalue weighted by Crippen LogP contribution is 2.26. The van der Waals surface area contributed by atoms with Crippen LogP contribution < -0.4 is 4.74 Å². The van der Waals surface area contributed by atoms with Crippen molar-refractivity contribution in [2.45, 2.75) is 32.3 Å². The van der Waals surface area contributed by atoms with E-state index in [1.54, 1.807) is 6.20 Å². The van der Waals surface area contributed by atoms with E-state index in [0.29, 0.717) is 17.4 Å². The summed E-state index contributed by atoms with van der Waals surface area (Å²) in [7, 11) is 0. The Morgan fingerprint density at radius 2 is 2.38 bits per heavy atom. The lowest BCUT2D eigenvalue weighted by Gasteiger charge is -2.31. The maximum Gasteiger partial charge on any atom is 0.259 e. The Hall–Kier alpha value is -1.23. The van der Waals surface area contributed by atoms with Gasteiger partial charge in [0.1, 0.15) is 11.7 Å². The van der Waals surface area contributed by atoms with Crippen LogP contribution in [-0.4, -0.2) is 46.5 Å². The van der Waals surface area contributed by atoms with E-state index in [0.717, 1.165) is 37.4 Å². The number of ether oxygens (including phenoxy) is 1. The zero-order chi connectivity index (χ0) is 14.7. The summed E-state index contributed by atoms with van der Waals surface area (Å²) in [6.45, 7) is 3.89. The van der Waals surface area contributed by atoms with Gasteiger partial charge in [0.25, 0.3) is 5.91 Å². The highest BCUT2D eigenvalue weighted by atomic mass is 32.2. The molecule has 2 saturated heterocycles. The molecule has 0 aliphatic carbocycles. The monoisotopic (exact) mass is 306 g/mol. The van der Waals surface area contributed by atoms with Gasteiger partial charge < -0.3 is 9.64 Å². The van der Waals surface area contributed by atoms with Crippen molar-refractivity contribution in [1.29, 1.82) is 0 Å². The number of carbonyl (C=O) groups excluding carboxylic acids is 1. The van der Waals surface area contributed by atoms with Crippen LogP contribution in [0.5, 0.6) is 5.88 Å². The van der Waals surface area contributed by atoms with Gasteiger partial charge in [-0.2, -0.15) is 11.8 Å². The molecule has 0 saturated carbocycles. The number of hydrogen-bond donors (Lipinski definition) is 0. The Labute approximate surface area is 130 Å². The minimum Gasteiger partial charge on any atom is -0.473 e. The molecule has 2 aliphatic heterocycles. The molecule has 1 aromatic heterocycles. The molecule has 1 aromatic rings. The Balaban J connectivity index is 1.75. The van der Waals surface area contributed by atoms with Crippen molar-refractivity contribution >= 4 is 17.7 Å². The van der Waals surface area contributed by atoms with Crippen LogP contribution in [0, 0.1) is 5.92 Å². The number of aromatic nitrogens is 1. The molecule has 2 unspecified atom stereocenters. The van der Waals surface area contributed by atoms with Crippen molar-refractivity contribution in [1.82, 2.24) is 9.88 Å². The average Bonchev–Trinajstić information content (AvgIpc) is 3.00. The summed E-state index contributed by atoms with van der Waals surface area (Å²) in [5, 5.41) is 0. The molecule has 2 aliphatic rings. The maximum atomic E-state index is 12.7. The number of rotatable bonds is 3. The standard InChI is InChI=1S/C16H22N2O2S/c1-12-4-3-8-18(10-12)16(19)14-5-2-7-17-15(14)20-13-6-9-21-11-13/h2,5,7,12-13H,3-4,6,8-11H2,1H3. The molecule has 0 spiro atoms. The number of amides is 1. The number of likely N-dealkylation sites (tertiary alicyclic amines) is 1. The summed E-state index contributed by atoms with van der Waals surface area (Å²) in [6, 6.07) is 3.66. The number of nitrogens with zero attached hydrogens (tertiary/aromatic N) is 2. The summed E-state index contributed by atoms with van der Waals surface area (Å²) in [6.07, 6.45) is 5.22. The van der Waals surface area contributed by atoms with Gasteiger partial charge in [-0.1, -0.05) is 6.92 Å². The molecular formula is C16H22N2O2S. The molecular weight excluding hydrogens is 284 g/mol. The lowest BCUT2D eigenvalue weighted by Crippen LogP contribution is -2.39. The van der Waals surface area contributed by atoms with Crippen molar-refractivity contribution in [2.24, 2.45) is 5.92 Å². The van der Waals surface area contributed by atoms with Crippen LogP contribution in [0.3, 0.4) is 0 Å². The van der Waals surface area contributed by atoms with Gasteiger partial charge in [0, 0.05) is 25.0 Å². The van der Waals surface area contributed by atoms with E-state index in [1.165, 1.54) is 6.42 Å². The van der Waals surface area contributed by atoms with Crippen molar-refractivity contribution in [3.8, 4) is 5.88 Å². The van der Waals surface area contributed by atoms with Gasteiger partial charge in [-0.05, 0) is 43.1 Å². The molecule has 0 N–H and O–H groups in total. The fourth-order valence-electron chi connectivity index (χ4n) is 2.96. The van der Waals surface area contributed by atoms with E-state index in [9.17, 15) is 4.79 Å². The number of carbonyl (C=O) groups is 1. The van der Waals surface area contributed by atoms with Crippen LogP contribution in [0.25, 0.3) is 0 Å². The third-order valence-electron chi connectivity index (χ3n) is 4.11. The fraction of sp³-hybridized carbons (Fsp3) is 0.625. The molecule has 2 atom stereocenters. The zero-order valence-electron chi connectivity index (χ0n) is 12.5. The Kier molecular flexibility index (Phi) is 4.68. The number of pyridine rings is 1. The molecule has 4 nitrogen and oxygen atoms in total. The summed E-state index contributed by atoms with van der Waals surface area (Å²) in [5.74, 6) is 3.27. The van der Waals surface area contributed by atoms with Gasteiger partial charge >= 0.3 is 0 Å². The highest BCUT2D eigenvalue weighted by Gasteiger charge is 2.26. The first-order valence-corrected chi connectivity index (χ1v) is 8.88. The van der Waals surface area contributed by atoms with E-state index in [1.807, 2.05) is 28.8 Å². The van der Waals surface area contributed by atoms with Gasteiger partial charge in [-0.3, -0.25) is 4.79 Å². The minimum atomic E-state index is 0.0651. The van der Waals surface area contributed by atoms with Crippen LogP contribution in [-0.2, 0) is 0 Å². The van der Waals surface area contributed by atoms with Crippen molar-refractivity contribution in [2.75, 3.05) is 24.6 Å². The van der Waals surface area contributed by atoms with Crippen LogP contribution in [0.2, 0.25) is 0 Å². The smallest absolute Gasteiger partial charge is 0.259 e. The molecule has 21 heavy (non-hydrogen) atoms. The second kappa shape index (κ2) is 6.69. The average molecular weight is 306 g/mol. The molecule has 5 heteroatoms. The molecule has 114 valence electrons. The van der Waals surface area contributed by atoms with Crippen LogP contribution >= 0.6 is 11.8 Å². The summed E-state index contributed by atoms with van der Waals surface area (Å²) in [5.41, 5.74) is 0.614. The van der Waals surface area contributed by atoms with E-state index < -0.39 is 0 Å². The second-order valence-electron chi connectivity index (χ2n) is 5.96. The van der Waals surface area contributed by atoms with Crippen molar-refractivity contribution < 1.29 is 9.53 Å². The summed E-state index contributed by atoms with van der Waals surface area (Å²) < 4.78 is 5.97. The first kappa shape index (κ1) is 14.7. The zero-order valence-corrected chi connectivity index (χ0v) is 13.3. The van der Waals surface area contributed by atoms with E-state index in [4.69, 9.17) is 4.74 Å². The molecule has 0 aromatic carbocycles. The number of thioether (sulfide) groups is 1. The van der Waals surface area contributed by atoms with E-state index >= 15 is 0 Å². The predicted molar refractivity (Wildman–Crippen MR) is 84.9 cm³/mol. The third-order valence-corrected chi connectivity index (χ3v) is 5.24. The lowest BCUT2D eigenvalue weighted by atomic mass is 9.99. The van der Waals surface area contributed by atoms with E-state index in [-0.39, 0.29) is 12.0 Å². The summed E-state index contributed by atoms with van der Waals surface area (Å²) in [4.78, 5) is 19.0.